The van der Waals surface area contributed by atoms with Crippen LogP contribution >= 0.6 is 0 Å². The summed E-state index contributed by atoms with van der Waals surface area (Å²) in [6, 6.07) is 3.34. The Morgan fingerprint density at radius 2 is 1.78 bits per heavy atom. The number of aromatic hydroxyl groups is 1. The predicted octanol–water partition coefficient (Wildman–Crippen LogP) is 3.48. The van der Waals surface area contributed by atoms with E-state index in [1.54, 1.807) is 18.2 Å². The van der Waals surface area contributed by atoms with Gasteiger partial charge in [0, 0.05) is 30.3 Å². The number of benzene rings is 1. The van der Waals surface area contributed by atoms with Crippen molar-refractivity contribution in [1.29, 1.82) is 0 Å². The standard InChI is InChI=1S/C28H40N2O7/c1-4-5-6-7-8-9-14-37-27-25(32)20-12-11-19(17-21(20)30-28(27)34)29-24(31)13-10-18-15-22(35-2)26(33)23(16-18)36-3/h11,15-17,20,25,27,32-33H,4-10,12-14H2,1-3H3,(H,29,31)(H,30,34). The minimum Gasteiger partial charge on any atom is -0.502 e. The first-order chi connectivity index (χ1) is 17.9. The smallest absolute Gasteiger partial charge is 0.255 e. The molecule has 0 bridgehead atoms. The summed E-state index contributed by atoms with van der Waals surface area (Å²) in [5, 5.41) is 26.6. The van der Waals surface area contributed by atoms with Gasteiger partial charge in [0.25, 0.3) is 5.91 Å². The number of phenols is 1. The molecule has 0 radical (unpaired) electrons. The molecular weight excluding hydrogens is 476 g/mol. The quantitative estimate of drug-likeness (QED) is 0.279. The number of hydrogen-bond donors (Lipinski definition) is 4. The number of unbranched alkanes of at least 4 members (excludes halogenated alkanes) is 5. The molecule has 9 heteroatoms. The lowest BCUT2D eigenvalue weighted by molar-refractivity contribution is -0.147. The Morgan fingerprint density at radius 1 is 1.11 bits per heavy atom. The van der Waals surface area contributed by atoms with E-state index < -0.39 is 12.2 Å². The molecule has 1 aliphatic heterocycles. The van der Waals surface area contributed by atoms with Crippen LogP contribution < -0.4 is 20.1 Å². The Balaban J connectivity index is 1.48. The van der Waals surface area contributed by atoms with Crippen LogP contribution in [0.4, 0.5) is 0 Å². The molecule has 3 atom stereocenters. The lowest BCUT2D eigenvalue weighted by Crippen LogP contribution is -2.54. The summed E-state index contributed by atoms with van der Waals surface area (Å²) in [6.45, 7) is 2.63. The molecule has 1 fully saturated rings. The Kier molecular flexibility index (Phi) is 10.8. The lowest BCUT2D eigenvalue weighted by atomic mass is 9.84. The van der Waals surface area contributed by atoms with Crippen LogP contribution in [-0.2, 0) is 20.7 Å². The number of nitrogens with one attached hydrogen (secondary N) is 2. The minimum atomic E-state index is -0.937. The molecule has 3 rings (SSSR count). The molecule has 1 saturated heterocycles. The van der Waals surface area contributed by atoms with Crippen LogP contribution in [0.2, 0.25) is 0 Å². The maximum atomic E-state index is 12.6. The summed E-state index contributed by atoms with van der Waals surface area (Å²) < 4.78 is 16.1. The number of carbonyl (C=O) groups is 2. The number of fused-ring (bicyclic) bond motifs is 1. The van der Waals surface area contributed by atoms with Crippen molar-refractivity contribution in [2.45, 2.75) is 76.9 Å². The molecule has 3 unspecified atom stereocenters. The van der Waals surface area contributed by atoms with Gasteiger partial charge >= 0.3 is 0 Å². The predicted molar refractivity (Wildman–Crippen MR) is 139 cm³/mol. The molecule has 2 aliphatic rings. The van der Waals surface area contributed by atoms with Crippen LogP contribution in [-0.4, -0.2) is 55.1 Å². The highest BCUT2D eigenvalue weighted by atomic mass is 16.5. The van der Waals surface area contributed by atoms with E-state index in [4.69, 9.17) is 14.2 Å². The monoisotopic (exact) mass is 516 g/mol. The topological polar surface area (TPSA) is 126 Å². The molecule has 2 amide bonds. The minimum absolute atomic E-state index is 0.0847. The van der Waals surface area contributed by atoms with Crippen molar-refractivity contribution in [3.05, 3.63) is 41.2 Å². The number of ether oxygens (including phenoxy) is 3. The zero-order valence-corrected chi connectivity index (χ0v) is 22.0. The number of aliphatic hydroxyl groups excluding tert-OH is 1. The van der Waals surface area contributed by atoms with Crippen molar-refractivity contribution in [2.75, 3.05) is 20.8 Å². The van der Waals surface area contributed by atoms with Crippen molar-refractivity contribution in [2.24, 2.45) is 5.92 Å². The largest absolute Gasteiger partial charge is 0.502 e. The fraction of sp³-hybridized carbons (Fsp3) is 0.571. The van der Waals surface area contributed by atoms with E-state index in [9.17, 15) is 19.8 Å². The fourth-order valence-corrected chi connectivity index (χ4v) is 4.67. The van der Waals surface area contributed by atoms with Gasteiger partial charge < -0.3 is 35.1 Å². The van der Waals surface area contributed by atoms with Gasteiger partial charge in [0.15, 0.2) is 17.6 Å². The molecule has 0 spiro atoms. The zero-order valence-electron chi connectivity index (χ0n) is 22.0. The molecule has 204 valence electrons. The summed E-state index contributed by atoms with van der Waals surface area (Å²) in [7, 11) is 2.90. The second kappa shape index (κ2) is 14.0. The van der Waals surface area contributed by atoms with Crippen molar-refractivity contribution in [1.82, 2.24) is 10.6 Å². The van der Waals surface area contributed by atoms with Crippen LogP contribution in [0.25, 0.3) is 0 Å². The molecule has 37 heavy (non-hydrogen) atoms. The molecule has 0 saturated carbocycles. The Bertz CT molecular complexity index is 979. The first kappa shape index (κ1) is 28.5. The number of aliphatic hydroxyl groups is 1. The zero-order chi connectivity index (χ0) is 26.8. The Morgan fingerprint density at radius 3 is 2.46 bits per heavy atom. The van der Waals surface area contributed by atoms with E-state index in [-0.39, 0.29) is 41.4 Å². The second-order valence-corrected chi connectivity index (χ2v) is 9.54. The average Bonchev–Trinajstić information content (AvgIpc) is 2.89. The van der Waals surface area contributed by atoms with Gasteiger partial charge in [0.1, 0.15) is 0 Å². The van der Waals surface area contributed by atoms with Gasteiger partial charge in [-0.15, -0.1) is 0 Å². The van der Waals surface area contributed by atoms with E-state index in [1.165, 1.54) is 33.5 Å². The highest BCUT2D eigenvalue weighted by Gasteiger charge is 2.41. The van der Waals surface area contributed by atoms with Crippen LogP contribution in [0.5, 0.6) is 17.2 Å². The van der Waals surface area contributed by atoms with E-state index in [0.29, 0.717) is 30.8 Å². The Labute approximate surface area is 218 Å². The number of hydrogen-bond acceptors (Lipinski definition) is 7. The van der Waals surface area contributed by atoms with Gasteiger partial charge in [-0.25, -0.2) is 0 Å². The van der Waals surface area contributed by atoms with Gasteiger partial charge in [0.05, 0.1) is 20.3 Å². The van der Waals surface area contributed by atoms with E-state index in [2.05, 4.69) is 17.6 Å². The number of carbonyl (C=O) groups excluding carboxylic acids is 2. The highest BCUT2D eigenvalue weighted by Crippen LogP contribution is 2.37. The molecular formula is C28H40N2O7. The van der Waals surface area contributed by atoms with Gasteiger partial charge in [-0.1, -0.05) is 45.1 Å². The van der Waals surface area contributed by atoms with Crippen LogP contribution in [0.15, 0.2) is 35.7 Å². The summed E-state index contributed by atoms with van der Waals surface area (Å²) >= 11 is 0. The number of aryl methyl sites for hydroxylation is 1. The number of amides is 2. The van der Waals surface area contributed by atoms with Crippen LogP contribution in [0.1, 0.15) is 63.9 Å². The SMILES string of the molecule is CCCCCCCCOC1C(=O)NC2=CC(NC(=O)CCc3cc(OC)c(O)c(OC)c3)=CCC2C1O. The van der Waals surface area contributed by atoms with Crippen molar-refractivity contribution in [3.63, 3.8) is 0 Å². The number of methoxy groups -OCH3 is 2. The van der Waals surface area contributed by atoms with E-state index in [0.717, 1.165) is 24.8 Å². The maximum Gasteiger partial charge on any atom is 0.255 e. The third kappa shape index (κ3) is 7.72. The molecule has 9 nitrogen and oxygen atoms in total. The number of piperidine rings is 1. The summed E-state index contributed by atoms with van der Waals surface area (Å²) in [5.74, 6) is -0.370. The molecule has 0 aromatic heterocycles. The van der Waals surface area contributed by atoms with Gasteiger partial charge in [-0.3, -0.25) is 9.59 Å². The van der Waals surface area contributed by atoms with E-state index in [1.807, 2.05) is 6.08 Å². The van der Waals surface area contributed by atoms with Crippen molar-refractivity contribution >= 4 is 11.8 Å². The summed E-state index contributed by atoms with van der Waals surface area (Å²) in [4.78, 5) is 25.2. The third-order valence-corrected chi connectivity index (χ3v) is 6.81. The average molecular weight is 517 g/mol. The molecule has 1 aromatic carbocycles. The number of allylic oxidation sites excluding steroid dienone is 2. The lowest BCUT2D eigenvalue weighted by Gasteiger charge is -2.37. The van der Waals surface area contributed by atoms with Crippen LogP contribution in [0, 0.1) is 5.92 Å². The van der Waals surface area contributed by atoms with Crippen LogP contribution in [0.3, 0.4) is 0 Å². The highest BCUT2D eigenvalue weighted by molar-refractivity contribution is 5.85. The van der Waals surface area contributed by atoms with Gasteiger partial charge in [0.2, 0.25) is 11.7 Å². The number of rotatable bonds is 14. The van der Waals surface area contributed by atoms with Gasteiger partial charge in [-0.05, 0) is 43.0 Å². The normalized spacial score (nSPS) is 20.9. The fourth-order valence-electron chi connectivity index (χ4n) is 4.67. The van der Waals surface area contributed by atoms with E-state index >= 15 is 0 Å². The second-order valence-electron chi connectivity index (χ2n) is 9.54. The summed E-state index contributed by atoms with van der Waals surface area (Å²) in [6.07, 6.45) is 9.55. The first-order valence-electron chi connectivity index (χ1n) is 13.1. The molecule has 1 heterocycles. The molecule has 1 aliphatic carbocycles. The third-order valence-electron chi connectivity index (χ3n) is 6.81. The van der Waals surface area contributed by atoms with Gasteiger partial charge in [-0.2, -0.15) is 0 Å². The first-order valence-corrected chi connectivity index (χ1v) is 13.1. The Hall–Kier alpha value is -3.04. The molecule has 1 aromatic rings. The summed E-state index contributed by atoms with van der Waals surface area (Å²) in [5.41, 5.74) is 1.95. The van der Waals surface area contributed by atoms with Crippen molar-refractivity contribution < 1.29 is 34.0 Å². The maximum absolute atomic E-state index is 12.6. The number of phenolic OH excluding ortho intramolecular Hbond substituents is 1. The van der Waals surface area contributed by atoms with Crippen molar-refractivity contribution in [3.8, 4) is 17.2 Å². The molecule has 4 N–H and O–H groups in total.